The molecule has 11 heavy (non-hydrogen) atoms. The van der Waals surface area contributed by atoms with Crippen molar-refractivity contribution in [2.45, 2.75) is 6.04 Å². The van der Waals surface area contributed by atoms with Crippen molar-refractivity contribution in [2.24, 2.45) is 0 Å². The van der Waals surface area contributed by atoms with Crippen molar-refractivity contribution in [3.8, 4) is 0 Å². The second-order valence-electron chi connectivity index (χ2n) is 2.58. The minimum absolute atomic E-state index is 0.344. The molecule has 1 fully saturated rings. The Hall–Kier alpha value is -0.860. The Morgan fingerprint density at radius 1 is 1.27 bits per heavy atom. The average molecular weight is 148 g/mol. The molecule has 1 aromatic carbocycles. The molecule has 0 bridgehead atoms. The van der Waals surface area contributed by atoms with E-state index in [2.05, 4.69) is 17.4 Å². The van der Waals surface area contributed by atoms with Crippen LogP contribution in [0, 0.1) is 6.73 Å². The van der Waals surface area contributed by atoms with E-state index in [0.717, 1.165) is 6.61 Å². The van der Waals surface area contributed by atoms with Gasteiger partial charge < -0.3 is 4.74 Å². The van der Waals surface area contributed by atoms with Gasteiger partial charge in [0.25, 0.3) is 0 Å². The second kappa shape index (κ2) is 3.03. The summed E-state index contributed by atoms with van der Waals surface area (Å²) >= 11 is 0. The molecule has 1 aromatic rings. The Balaban J connectivity index is 2.16. The Morgan fingerprint density at radius 2 is 2.09 bits per heavy atom. The number of hydrogen-bond donors (Lipinski definition) is 1. The molecular formula is C9H10NO. The normalized spacial score (nSPS) is 23.8. The second-order valence-corrected chi connectivity index (χ2v) is 2.58. The molecule has 1 radical (unpaired) electrons. The van der Waals surface area contributed by atoms with Crippen molar-refractivity contribution in [3.05, 3.63) is 42.6 Å². The first kappa shape index (κ1) is 6.83. The molecule has 1 aliphatic rings. The first-order valence-corrected chi connectivity index (χ1v) is 3.71. The molecule has 1 saturated heterocycles. The van der Waals surface area contributed by atoms with Gasteiger partial charge in [0, 0.05) is 0 Å². The molecule has 1 aliphatic heterocycles. The van der Waals surface area contributed by atoms with Gasteiger partial charge in [0.05, 0.1) is 12.6 Å². The van der Waals surface area contributed by atoms with Crippen LogP contribution in [0.25, 0.3) is 0 Å². The van der Waals surface area contributed by atoms with E-state index < -0.39 is 0 Å². The summed E-state index contributed by atoms with van der Waals surface area (Å²) in [6.07, 6.45) is 0. The SMILES string of the molecule is [CH]1N[C@H](c2ccccc2)CO1. The topological polar surface area (TPSA) is 21.3 Å². The number of ether oxygens (including phenoxy) is 1. The standard InChI is InChI=1S/C9H10NO/c1-2-4-8(5-3-1)9-6-11-7-10-9/h1-5,7,9-10H,6H2/t9-/m0/s1. The first-order chi connectivity index (χ1) is 5.47. The molecule has 2 nitrogen and oxygen atoms in total. The fraction of sp³-hybridized carbons (Fsp3) is 0.222. The van der Waals surface area contributed by atoms with E-state index in [9.17, 15) is 0 Å². The predicted octanol–water partition coefficient (Wildman–Crippen LogP) is 1.47. The predicted molar refractivity (Wildman–Crippen MR) is 42.6 cm³/mol. The van der Waals surface area contributed by atoms with Gasteiger partial charge in [-0.3, -0.25) is 5.32 Å². The third-order valence-electron chi connectivity index (χ3n) is 1.82. The Kier molecular flexibility index (Phi) is 1.88. The highest BCUT2D eigenvalue weighted by atomic mass is 16.5. The molecule has 0 saturated carbocycles. The number of rotatable bonds is 1. The van der Waals surface area contributed by atoms with Crippen molar-refractivity contribution < 1.29 is 4.74 Å². The maximum atomic E-state index is 5.08. The van der Waals surface area contributed by atoms with Crippen LogP contribution in [0.1, 0.15) is 11.6 Å². The summed E-state index contributed by atoms with van der Waals surface area (Å²) < 4.78 is 5.08. The fourth-order valence-corrected chi connectivity index (χ4v) is 1.20. The van der Waals surface area contributed by atoms with Crippen LogP contribution in [0.4, 0.5) is 0 Å². The van der Waals surface area contributed by atoms with Crippen LogP contribution in [0.15, 0.2) is 30.3 Å². The summed E-state index contributed by atoms with van der Waals surface area (Å²) in [5.41, 5.74) is 1.28. The van der Waals surface area contributed by atoms with Gasteiger partial charge >= 0.3 is 0 Å². The molecule has 0 aliphatic carbocycles. The van der Waals surface area contributed by atoms with Gasteiger partial charge in [0.1, 0.15) is 6.73 Å². The summed E-state index contributed by atoms with van der Waals surface area (Å²) in [6, 6.07) is 10.6. The van der Waals surface area contributed by atoms with E-state index >= 15 is 0 Å². The van der Waals surface area contributed by atoms with Gasteiger partial charge in [-0.2, -0.15) is 0 Å². The molecular weight excluding hydrogens is 138 g/mol. The lowest BCUT2D eigenvalue weighted by Gasteiger charge is -2.06. The molecule has 1 heterocycles. The van der Waals surface area contributed by atoms with Gasteiger partial charge in [0.15, 0.2) is 0 Å². The lowest BCUT2D eigenvalue weighted by Crippen LogP contribution is -2.11. The Morgan fingerprint density at radius 3 is 2.73 bits per heavy atom. The van der Waals surface area contributed by atoms with Crippen molar-refractivity contribution in [1.29, 1.82) is 0 Å². The van der Waals surface area contributed by atoms with Crippen LogP contribution < -0.4 is 5.32 Å². The van der Waals surface area contributed by atoms with Crippen molar-refractivity contribution >= 4 is 0 Å². The average Bonchev–Trinajstić information content (AvgIpc) is 2.58. The molecule has 1 N–H and O–H groups in total. The van der Waals surface area contributed by atoms with Crippen LogP contribution in [0.3, 0.4) is 0 Å². The number of nitrogens with one attached hydrogen (secondary N) is 1. The number of hydrogen-bond acceptors (Lipinski definition) is 2. The van der Waals surface area contributed by atoms with Crippen LogP contribution in [0.2, 0.25) is 0 Å². The number of benzene rings is 1. The molecule has 2 heteroatoms. The maximum absolute atomic E-state index is 5.08. The summed E-state index contributed by atoms with van der Waals surface area (Å²) in [5.74, 6) is 0. The van der Waals surface area contributed by atoms with Gasteiger partial charge in [0.2, 0.25) is 0 Å². The minimum atomic E-state index is 0.344. The van der Waals surface area contributed by atoms with E-state index in [4.69, 9.17) is 4.74 Å². The van der Waals surface area contributed by atoms with E-state index in [-0.39, 0.29) is 0 Å². The van der Waals surface area contributed by atoms with Crippen LogP contribution >= 0.6 is 0 Å². The smallest absolute Gasteiger partial charge is 0.148 e. The molecule has 1 atom stereocenters. The Labute approximate surface area is 66.2 Å². The highest BCUT2D eigenvalue weighted by Crippen LogP contribution is 2.17. The van der Waals surface area contributed by atoms with E-state index in [1.807, 2.05) is 18.2 Å². The van der Waals surface area contributed by atoms with Crippen molar-refractivity contribution in [3.63, 3.8) is 0 Å². The lowest BCUT2D eigenvalue weighted by molar-refractivity contribution is 0.246. The van der Waals surface area contributed by atoms with Crippen LogP contribution in [-0.2, 0) is 4.74 Å². The van der Waals surface area contributed by atoms with Gasteiger partial charge in [-0.15, -0.1) is 0 Å². The first-order valence-electron chi connectivity index (χ1n) is 3.71. The third kappa shape index (κ3) is 1.42. The molecule has 0 aromatic heterocycles. The molecule has 0 spiro atoms. The van der Waals surface area contributed by atoms with Gasteiger partial charge in [-0.25, -0.2) is 0 Å². The van der Waals surface area contributed by atoms with Crippen molar-refractivity contribution in [1.82, 2.24) is 5.32 Å². The Bertz CT molecular complexity index is 216. The van der Waals surface area contributed by atoms with Crippen molar-refractivity contribution in [2.75, 3.05) is 6.61 Å². The molecule has 2 rings (SSSR count). The monoisotopic (exact) mass is 148 g/mol. The fourth-order valence-electron chi connectivity index (χ4n) is 1.20. The third-order valence-corrected chi connectivity index (χ3v) is 1.82. The zero-order valence-corrected chi connectivity index (χ0v) is 6.16. The summed E-state index contributed by atoms with van der Waals surface area (Å²) in [5, 5.41) is 3.13. The quantitative estimate of drug-likeness (QED) is 0.651. The maximum Gasteiger partial charge on any atom is 0.148 e. The zero-order chi connectivity index (χ0) is 7.52. The van der Waals surface area contributed by atoms with Gasteiger partial charge in [-0.1, -0.05) is 30.3 Å². The summed E-state index contributed by atoms with van der Waals surface area (Å²) in [4.78, 5) is 0. The summed E-state index contributed by atoms with van der Waals surface area (Å²) in [6.45, 7) is 2.39. The van der Waals surface area contributed by atoms with E-state index in [1.165, 1.54) is 5.56 Å². The molecule has 0 amide bonds. The molecule has 57 valence electrons. The zero-order valence-electron chi connectivity index (χ0n) is 6.16. The van der Waals surface area contributed by atoms with Gasteiger partial charge in [-0.05, 0) is 5.56 Å². The lowest BCUT2D eigenvalue weighted by atomic mass is 10.1. The van der Waals surface area contributed by atoms with Crippen LogP contribution in [0.5, 0.6) is 0 Å². The highest BCUT2D eigenvalue weighted by Gasteiger charge is 2.15. The molecule has 0 unspecified atom stereocenters. The highest BCUT2D eigenvalue weighted by molar-refractivity contribution is 5.19. The minimum Gasteiger partial charge on any atom is -0.357 e. The largest absolute Gasteiger partial charge is 0.357 e. The van der Waals surface area contributed by atoms with Crippen LogP contribution in [-0.4, -0.2) is 6.61 Å². The van der Waals surface area contributed by atoms with E-state index in [0.29, 0.717) is 6.04 Å². The van der Waals surface area contributed by atoms with E-state index in [1.54, 1.807) is 6.73 Å². The summed E-state index contributed by atoms with van der Waals surface area (Å²) in [7, 11) is 0.